The first kappa shape index (κ1) is 9.46. The van der Waals surface area contributed by atoms with Crippen LogP contribution in [0, 0.1) is 6.92 Å². The van der Waals surface area contributed by atoms with Crippen molar-refractivity contribution in [1.82, 2.24) is 0 Å². The highest BCUT2D eigenvalue weighted by molar-refractivity contribution is 7.80. The summed E-state index contributed by atoms with van der Waals surface area (Å²) in [5.74, 6) is 0.894. The van der Waals surface area contributed by atoms with Crippen molar-refractivity contribution in [3.05, 3.63) is 29.8 Å². The lowest BCUT2D eigenvalue weighted by atomic mass is 10.2. The molecule has 1 aromatic carbocycles. The number of hydrogen-bond acceptors (Lipinski definition) is 2. The van der Waals surface area contributed by atoms with Gasteiger partial charge in [0, 0.05) is 25.0 Å². The van der Waals surface area contributed by atoms with E-state index in [-0.39, 0.29) is 0 Å². The molecule has 0 heterocycles. The Morgan fingerprint density at radius 1 is 1.33 bits per heavy atom. The van der Waals surface area contributed by atoms with Crippen LogP contribution in [0.3, 0.4) is 0 Å². The van der Waals surface area contributed by atoms with Crippen LogP contribution in [-0.4, -0.2) is 19.3 Å². The molecule has 66 valence electrons. The van der Waals surface area contributed by atoms with Crippen LogP contribution in [0.4, 0.5) is 5.69 Å². The maximum Gasteiger partial charge on any atom is 0.0393 e. The Balaban J connectivity index is 2.79. The summed E-state index contributed by atoms with van der Waals surface area (Å²) in [4.78, 5) is 2.22. The molecule has 1 aromatic rings. The van der Waals surface area contributed by atoms with Crippen molar-refractivity contribution in [2.24, 2.45) is 0 Å². The molecule has 0 saturated heterocycles. The highest BCUT2D eigenvalue weighted by Gasteiger charge is 2.00. The molecule has 2 heteroatoms. The van der Waals surface area contributed by atoms with Crippen LogP contribution in [0.1, 0.15) is 5.56 Å². The molecule has 0 aromatic heterocycles. The van der Waals surface area contributed by atoms with Gasteiger partial charge in [0.1, 0.15) is 0 Å². The summed E-state index contributed by atoms with van der Waals surface area (Å²) in [7, 11) is 2.10. The Kier molecular flexibility index (Phi) is 3.48. The summed E-state index contributed by atoms with van der Waals surface area (Å²) < 4.78 is 0. The van der Waals surface area contributed by atoms with Gasteiger partial charge in [-0.3, -0.25) is 0 Å². The van der Waals surface area contributed by atoms with Gasteiger partial charge in [0.25, 0.3) is 0 Å². The van der Waals surface area contributed by atoms with E-state index in [9.17, 15) is 0 Å². The lowest BCUT2D eigenvalue weighted by Gasteiger charge is -2.19. The van der Waals surface area contributed by atoms with Crippen molar-refractivity contribution in [3.8, 4) is 0 Å². The Hall–Kier alpha value is -0.630. The number of hydrogen-bond donors (Lipinski definition) is 1. The summed E-state index contributed by atoms with van der Waals surface area (Å²) in [5, 5.41) is 0. The summed E-state index contributed by atoms with van der Waals surface area (Å²) in [6.45, 7) is 3.12. The minimum atomic E-state index is 0.894. The Labute approximate surface area is 79.8 Å². The standard InChI is InChI=1S/C10H15NS/c1-9-5-3-4-6-10(9)11(2)7-8-12/h3-6,12H,7-8H2,1-2H3. The third kappa shape index (κ3) is 2.18. The quantitative estimate of drug-likeness (QED) is 0.701. The van der Waals surface area contributed by atoms with Gasteiger partial charge in [-0.05, 0) is 18.6 Å². The van der Waals surface area contributed by atoms with Gasteiger partial charge in [0.15, 0.2) is 0 Å². The number of nitrogens with zero attached hydrogens (tertiary/aromatic N) is 1. The van der Waals surface area contributed by atoms with Crippen molar-refractivity contribution in [1.29, 1.82) is 0 Å². The van der Waals surface area contributed by atoms with Crippen LogP contribution >= 0.6 is 12.6 Å². The average molecular weight is 181 g/mol. The van der Waals surface area contributed by atoms with Crippen molar-refractivity contribution >= 4 is 18.3 Å². The highest BCUT2D eigenvalue weighted by atomic mass is 32.1. The molecule has 0 radical (unpaired) electrons. The maximum atomic E-state index is 4.20. The minimum absolute atomic E-state index is 0.894. The fourth-order valence-electron chi connectivity index (χ4n) is 1.26. The lowest BCUT2D eigenvalue weighted by molar-refractivity contribution is 0.972. The number of para-hydroxylation sites is 1. The first-order valence-corrected chi connectivity index (χ1v) is 4.76. The molecule has 0 bridgehead atoms. The maximum absolute atomic E-state index is 4.20. The second-order valence-electron chi connectivity index (χ2n) is 2.93. The van der Waals surface area contributed by atoms with E-state index in [1.807, 2.05) is 0 Å². The van der Waals surface area contributed by atoms with Gasteiger partial charge >= 0.3 is 0 Å². The molecule has 0 N–H and O–H groups in total. The molecule has 0 saturated carbocycles. The molecule has 0 aliphatic carbocycles. The summed E-state index contributed by atoms with van der Waals surface area (Å²) >= 11 is 4.20. The molecule has 0 spiro atoms. The molecular formula is C10H15NS. The molecule has 12 heavy (non-hydrogen) atoms. The van der Waals surface area contributed by atoms with E-state index in [2.05, 4.69) is 55.8 Å². The first-order chi connectivity index (χ1) is 5.75. The van der Waals surface area contributed by atoms with Gasteiger partial charge in [0.2, 0.25) is 0 Å². The number of anilines is 1. The minimum Gasteiger partial charge on any atom is -0.374 e. The third-order valence-corrected chi connectivity index (χ3v) is 2.16. The van der Waals surface area contributed by atoms with Crippen molar-refractivity contribution in [3.63, 3.8) is 0 Å². The molecule has 1 rings (SSSR count). The third-order valence-electron chi connectivity index (χ3n) is 1.96. The normalized spacial score (nSPS) is 9.92. The van der Waals surface area contributed by atoms with E-state index in [1.165, 1.54) is 11.3 Å². The van der Waals surface area contributed by atoms with Crippen LogP contribution in [0.5, 0.6) is 0 Å². The zero-order valence-electron chi connectivity index (χ0n) is 7.62. The van der Waals surface area contributed by atoms with Crippen molar-refractivity contribution in [2.45, 2.75) is 6.92 Å². The topological polar surface area (TPSA) is 3.24 Å². The smallest absolute Gasteiger partial charge is 0.0393 e. The van der Waals surface area contributed by atoms with E-state index in [0.717, 1.165) is 12.3 Å². The zero-order chi connectivity index (χ0) is 8.97. The fraction of sp³-hybridized carbons (Fsp3) is 0.400. The zero-order valence-corrected chi connectivity index (χ0v) is 8.51. The molecule has 0 unspecified atom stereocenters. The Morgan fingerprint density at radius 3 is 2.58 bits per heavy atom. The van der Waals surface area contributed by atoms with Gasteiger partial charge < -0.3 is 4.90 Å². The van der Waals surface area contributed by atoms with Crippen LogP contribution in [0.2, 0.25) is 0 Å². The van der Waals surface area contributed by atoms with Crippen molar-refractivity contribution < 1.29 is 0 Å². The van der Waals surface area contributed by atoms with Crippen LogP contribution in [-0.2, 0) is 0 Å². The largest absolute Gasteiger partial charge is 0.374 e. The highest BCUT2D eigenvalue weighted by Crippen LogP contribution is 2.17. The van der Waals surface area contributed by atoms with Crippen LogP contribution in [0.25, 0.3) is 0 Å². The first-order valence-electron chi connectivity index (χ1n) is 4.13. The Morgan fingerprint density at radius 2 is 2.00 bits per heavy atom. The molecular weight excluding hydrogens is 166 g/mol. The number of thiol groups is 1. The monoisotopic (exact) mass is 181 g/mol. The molecule has 0 atom stereocenters. The summed E-state index contributed by atoms with van der Waals surface area (Å²) in [6.07, 6.45) is 0. The van der Waals surface area contributed by atoms with E-state index < -0.39 is 0 Å². The molecule has 0 fully saturated rings. The van der Waals surface area contributed by atoms with E-state index in [1.54, 1.807) is 0 Å². The van der Waals surface area contributed by atoms with Crippen LogP contribution < -0.4 is 4.90 Å². The van der Waals surface area contributed by atoms with Gasteiger partial charge in [-0.25, -0.2) is 0 Å². The SMILES string of the molecule is Cc1ccccc1N(C)CCS. The predicted octanol–water partition coefficient (Wildman–Crippen LogP) is 2.36. The number of rotatable bonds is 3. The average Bonchev–Trinajstić information content (AvgIpc) is 2.05. The molecule has 0 amide bonds. The van der Waals surface area contributed by atoms with Crippen LogP contribution in [0.15, 0.2) is 24.3 Å². The second-order valence-corrected chi connectivity index (χ2v) is 3.38. The Bertz CT molecular complexity index is 247. The van der Waals surface area contributed by atoms with Crippen molar-refractivity contribution in [2.75, 3.05) is 24.2 Å². The molecule has 1 nitrogen and oxygen atoms in total. The van der Waals surface area contributed by atoms with Gasteiger partial charge in [-0.1, -0.05) is 18.2 Å². The second kappa shape index (κ2) is 4.41. The fourth-order valence-corrected chi connectivity index (χ4v) is 1.56. The van der Waals surface area contributed by atoms with Gasteiger partial charge in [-0.15, -0.1) is 0 Å². The number of aryl methyl sites for hydroxylation is 1. The summed E-state index contributed by atoms with van der Waals surface area (Å²) in [6, 6.07) is 8.40. The van der Waals surface area contributed by atoms with E-state index in [4.69, 9.17) is 0 Å². The lowest BCUT2D eigenvalue weighted by Crippen LogP contribution is -2.20. The van der Waals surface area contributed by atoms with E-state index in [0.29, 0.717) is 0 Å². The number of benzene rings is 1. The molecule has 0 aliphatic rings. The predicted molar refractivity (Wildman–Crippen MR) is 58.3 cm³/mol. The van der Waals surface area contributed by atoms with Gasteiger partial charge in [0.05, 0.1) is 0 Å². The van der Waals surface area contributed by atoms with Gasteiger partial charge in [-0.2, -0.15) is 12.6 Å². The molecule has 0 aliphatic heterocycles. The summed E-state index contributed by atoms with van der Waals surface area (Å²) in [5.41, 5.74) is 2.62. The van der Waals surface area contributed by atoms with E-state index >= 15 is 0 Å².